The zero-order chi connectivity index (χ0) is 33.0. The molecule has 3 heterocycles. The number of rotatable bonds is 11. The Hall–Kier alpha value is -5.64. The van der Waals surface area contributed by atoms with Gasteiger partial charge in [0.1, 0.15) is 24.1 Å². The summed E-state index contributed by atoms with van der Waals surface area (Å²) in [5.74, 6) is -0.729. The number of ether oxygens (including phenoxy) is 1. The van der Waals surface area contributed by atoms with Crippen molar-refractivity contribution in [1.82, 2.24) is 24.9 Å². The average molecular weight is 644 g/mol. The number of nitrogens with zero attached hydrogens (tertiary/aromatic N) is 2. The molecular formula is C38H37N5O5. The van der Waals surface area contributed by atoms with Crippen LogP contribution in [0.1, 0.15) is 59.4 Å². The number of carbonyl (C=O) groups excluding carboxylic acids is 1. The number of benzene rings is 3. The van der Waals surface area contributed by atoms with Gasteiger partial charge < -0.3 is 20.1 Å². The number of fused-ring (bicyclic) bond motifs is 2. The highest BCUT2D eigenvalue weighted by molar-refractivity contribution is 5.96. The summed E-state index contributed by atoms with van der Waals surface area (Å²) in [6.45, 7) is 0.442. The molecule has 6 aromatic rings. The average Bonchev–Trinajstić information content (AvgIpc) is 3.74. The fourth-order valence-electron chi connectivity index (χ4n) is 6.63. The van der Waals surface area contributed by atoms with E-state index in [1.165, 1.54) is 17.0 Å². The molecule has 1 aliphatic rings. The van der Waals surface area contributed by atoms with Crippen LogP contribution < -0.4 is 15.6 Å². The van der Waals surface area contributed by atoms with Crippen LogP contribution in [0.3, 0.4) is 0 Å². The third kappa shape index (κ3) is 6.73. The Morgan fingerprint density at radius 3 is 2.46 bits per heavy atom. The molecule has 1 saturated carbocycles. The number of hydrogen-bond donors (Lipinski definition) is 4. The zero-order valence-electron chi connectivity index (χ0n) is 26.4. The maximum Gasteiger partial charge on any atom is 0.326 e. The van der Waals surface area contributed by atoms with Crippen molar-refractivity contribution in [2.45, 2.75) is 57.6 Å². The van der Waals surface area contributed by atoms with Crippen molar-refractivity contribution in [3.05, 3.63) is 124 Å². The number of aromatic amines is 2. The van der Waals surface area contributed by atoms with Gasteiger partial charge in [0.05, 0.1) is 5.69 Å². The molecule has 1 aliphatic carbocycles. The first-order chi connectivity index (χ1) is 23.4. The summed E-state index contributed by atoms with van der Waals surface area (Å²) in [6, 6.07) is 27.3. The number of aliphatic carboxylic acids is 1. The summed E-state index contributed by atoms with van der Waals surface area (Å²) >= 11 is 0. The van der Waals surface area contributed by atoms with Crippen molar-refractivity contribution in [2.24, 2.45) is 5.92 Å². The number of hydrogen-bond acceptors (Lipinski definition) is 5. The van der Waals surface area contributed by atoms with Crippen molar-refractivity contribution in [3.8, 4) is 17.0 Å². The minimum absolute atomic E-state index is 0.0490. The SMILES string of the molecule is O=C(N[C@@H](Cc1cc2ccccc2[nH]1)C(=O)O)c1cc2nc(-c3ccc(OCc4ccccc4)cc3)c(CC3CCCCC3)c(=O)n2[nH]1. The quantitative estimate of drug-likeness (QED) is 0.131. The molecule has 1 amide bonds. The molecule has 0 bridgehead atoms. The topological polar surface area (TPSA) is 142 Å². The molecule has 244 valence electrons. The number of amides is 1. The molecule has 0 radical (unpaired) electrons. The number of H-pyrrole nitrogens is 2. The predicted octanol–water partition coefficient (Wildman–Crippen LogP) is 6.30. The maximum absolute atomic E-state index is 14.1. The van der Waals surface area contributed by atoms with Crippen LogP contribution in [0.5, 0.6) is 5.75 Å². The van der Waals surface area contributed by atoms with Crippen molar-refractivity contribution in [1.29, 1.82) is 0 Å². The molecule has 3 aromatic heterocycles. The van der Waals surface area contributed by atoms with Crippen LogP contribution in [0.15, 0.2) is 95.8 Å². The Kier molecular flexibility index (Phi) is 8.78. The molecule has 3 aromatic carbocycles. The maximum atomic E-state index is 14.1. The number of carboxylic acid groups (broad SMARTS) is 1. The van der Waals surface area contributed by atoms with E-state index in [2.05, 4.69) is 15.4 Å². The van der Waals surface area contributed by atoms with Crippen LogP contribution in [0, 0.1) is 5.92 Å². The standard InChI is InChI=1S/C38H37N5O5/c44-36(40-33(38(46)47)21-28-20-27-13-7-8-14-31(27)39-28)32-22-34-41-35(30(37(45)43(34)42-32)19-24-9-3-1-4-10-24)26-15-17-29(18-16-26)48-23-25-11-5-2-6-12-25/h2,5-8,11-18,20,22,24,33,39,42H,1,3-4,9-10,19,21,23H2,(H,40,44)(H,46,47)/t33-/m0/s1. The third-order valence-corrected chi connectivity index (χ3v) is 9.16. The van der Waals surface area contributed by atoms with Crippen LogP contribution in [0.4, 0.5) is 0 Å². The van der Waals surface area contributed by atoms with E-state index in [0.29, 0.717) is 41.6 Å². The minimum Gasteiger partial charge on any atom is -0.489 e. The van der Waals surface area contributed by atoms with E-state index in [4.69, 9.17) is 9.72 Å². The van der Waals surface area contributed by atoms with Crippen molar-refractivity contribution in [3.63, 3.8) is 0 Å². The second-order valence-electron chi connectivity index (χ2n) is 12.6. The molecule has 7 rings (SSSR count). The van der Waals surface area contributed by atoms with Gasteiger partial charge in [-0.1, -0.05) is 80.6 Å². The van der Waals surface area contributed by atoms with E-state index in [1.807, 2.05) is 84.9 Å². The summed E-state index contributed by atoms with van der Waals surface area (Å²) in [5, 5.41) is 16.4. The fraction of sp³-hybridized carbons (Fsp3) is 0.263. The van der Waals surface area contributed by atoms with Crippen LogP contribution in [-0.4, -0.2) is 42.6 Å². The van der Waals surface area contributed by atoms with Gasteiger partial charge in [-0.3, -0.25) is 14.7 Å². The van der Waals surface area contributed by atoms with E-state index in [1.54, 1.807) is 0 Å². The largest absolute Gasteiger partial charge is 0.489 e. The van der Waals surface area contributed by atoms with Crippen molar-refractivity contribution in [2.75, 3.05) is 0 Å². The number of carbonyl (C=O) groups is 2. The summed E-state index contributed by atoms with van der Waals surface area (Å²) in [7, 11) is 0. The van der Waals surface area contributed by atoms with E-state index >= 15 is 0 Å². The summed E-state index contributed by atoms with van der Waals surface area (Å²) in [6.07, 6.45) is 6.24. The number of nitrogens with one attached hydrogen (secondary N) is 3. The molecule has 0 aliphatic heterocycles. The highest BCUT2D eigenvalue weighted by Crippen LogP contribution is 2.30. The molecule has 4 N–H and O–H groups in total. The van der Waals surface area contributed by atoms with Gasteiger partial charge in [-0.05, 0) is 59.7 Å². The van der Waals surface area contributed by atoms with Crippen molar-refractivity contribution < 1.29 is 19.4 Å². The fourth-order valence-corrected chi connectivity index (χ4v) is 6.63. The molecule has 1 fully saturated rings. The minimum atomic E-state index is -1.19. The second-order valence-corrected chi connectivity index (χ2v) is 12.6. The van der Waals surface area contributed by atoms with Crippen LogP contribution in [0.25, 0.3) is 27.8 Å². The zero-order valence-corrected chi connectivity index (χ0v) is 26.4. The van der Waals surface area contributed by atoms with Gasteiger partial charge in [-0.2, -0.15) is 0 Å². The summed E-state index contributed by atoms with van der Waals surface area (Å²) in [5.41, 5.74) is 4.65. The highest BCUT2D eigenvalue weighted by Gasteiger charge is 2.25. The molecule has 0 unspecified atom stereocenters. The highest BCUT2D eigenvalue weighted by atomic mass is 16.5. The number of carboxylic acids is 1. The first-order valence-corrected chi connectivity index (χ1v) is 16.4. The third-order valence-electron chi connectivity index (χ3n) is 9.16. The molecule has 10 nitrogen and oxygen atoms in total. The van der Waals surface area contributed by atoms with Crippen molar-refractivity contribution >= 4 is 28.4 Å². The lowest BCUT2D eigenvalue weighted by atomic mass is 9.84. The first-order valence-electron chi connectivity index (χ1n) is 16.4. The lowest BCUT2D eigenvalue weighted by Gasteiger charge is -2.22. The molecular weight excluding hydrogens is 606 g/mol. The normalized spacial score (nSPS) is 14.2. The van der Waals surface area contributed by atoms with Gasteiger partial charge in [0.25, 0.3) is 11.5 Å². The van der Waals surface area contributed by atoms with E-state index in [-0.39, 0.29) is 23.3 Å². The summed E-state index contributed by atoms with van der Waals surface area (Å²) in [4.78, 5) is 47.7. The molecule has 10 heteroatoms. The van der Waals surface area contributed by atoms with Gasteiger partial charge in [-0.25, -0.2) is 14.3 Å². The number of para-hydroxylation sites is 1. The van der Waals surface area contributed by atoms with Crippen LogP contribution in [0.2, 0.25) is 0 Å². The lowest BCUT2D eigenvalue weighted by molar-refractivity contribution is -0.139. The first kappa shape index (κ1) is 31.0. The van der Waals surface area contributed by atoms with E-state index in [9.17, 15) is 19.5 Å². The second kappa shape index (κ2) is 13.6. The predicted molar refractivity (Wildman–Crippen MR) is 183 cm³/mol. The Balaban J connectivity index is 1.16. The van der Waals surface area contributed by atoms with Crippen LogP contribution in [-0.2, 0) is 24.2 Å². The molecule has 0 spiro atoms. The van der Waals surface area contributed by atoms with Gasteiger partial charge in [0, 0.05) is 34.8 Å². The number of aromatic nitrogens is 4. The van der Waals surface area contributed by atoms with Gasteiger partial charge in [0.2, 0.25) is 0 Å². The lowest BCUT2D eigenvalue weighted by Crippen LogP contribution is -2.42. The van der Waals surface area contributed by atoms with Gasteiger partial charge in [0.15, 0.2) is 5.65 Å². The van der Waals surface area contributed by atoms with E-state index in [0.717, 1.165) is 47.7 Å². The van der Waals surface area contributed by atoms with E-state index < -0.39 is 17.9 Å². The van der Waals surface area contributed by atoms with Gasteiger partial charge in [-0.15, -0.1) is 0 Å². The summed E-state index contributed by atoms with van der Waals surface area (Å²) < 4.78 is 7.27. The Morgan fingerprint density at radius 2 is 1.71 bits per heavy atom. The molecule has 48 heavy (non-hydrogen) atoms. The smallest absolute Gasteiger partial charge is 0.326 e. The van der Waals surface area contributed by atoms with Gasteiger partial charge >= 0.3 is 5.97 Å². The van der Waals surface area contributed by atoms with Crippen LogP contribution >= 0.6 is 0 Å². The Morgan fingerprint density at radius 1 is 0.958 bits per heavy atom. The molecule has 0 saturated heterocycles. The Bertz CT molecular complexity index is 2090. The molecule has 1 atom stereocenters. The Labute approximate surface area is 276 Å². The monoisotopic (exact) mass is 643 g/mol.